The van der Waals surface area contributed by atoms with Crippen molar-refractivity contribution in [3.63, 3.8) is 0 Å². The fourth-order valence-corrected chi connectivity index (χ4v) is 2.35. The topological polar surface area (TPSA) is 50.9 Å². The number of rotatable bonds is 4. The number of hydrogen-bond donors (Lipinski definition) is 2. The van der Waals surface area contributed by atoms with Crippen LogP contribution in [0, 0.1) is 5.82 Å². The highest BCUT2D eigenvalue weighted by Crippen LogP contribution is 2.26. The maximum atomic E-state index is 13.6. The molecule has 1 aromatic heterocycles. The van der Waals surface area contributed by atoms with Gasteiger partial charge in [0.25, 0.3) is 0 Å². The Morgan fingerprint density at radius 3 is 2.94 bits per heavy atom. The molecule has 1 unspecified atom stereocenters. The third kappa shape index (κ3) is 2.74. The van der Waals surface area contributed by atoms with Crippen LogP contribution in [0.3, 0.4) is 0 Å². The molecule has 3 nitrogen and oxygen atoms in total. The molecule has 0 saturated heterocycles. The second-order valence-electron chi connectivity index (χ2n) is 3.71. The average Bonchev–Trinajstić information content (AvgIpc) is 2.81. The van der Waals surface area contributed by atoms with Crippen molar-refractivity contribution in [1.29, 1.82) is 0 Å². The van der Waals surface area contributed by atoms with Gasteiger partial charge in [-0.15, -0.1) is 11.3 Å². The molecule has 1 aromatic carbocycles. The molecular formula is C12H14FN3S. The highest BCUT2D eigenvalue weighted by atomic mass is 32.1. The number of nitrogens with two attached hydrogens (primary N) is 1. The first kappa shape index (κ1) is 11.9. The molecule has 0 aliphatic heterocycles. The van der Waals surface area contributed by atoms with Crippen LogP contribution in [0.25, 0.3) is 0 Å². The van der Waals surface area contributed by atoms with Gasteiger partial charge in [0, 0.05) is 17.3 Å². The van der Waals surface area contributed by atoms with Crippen LogP contribution in [0.4, 0.5) is 15.8 Å². The minimum Gasteiger partial charge on any atom is -0.399 e. The van der Waals surface area contributed by atoms with Crippen LogP contribution >= 0.6 is 11.3 Å². The van der Waals surface area contributed by atoms with Crippen LogP contribution < -0.4 is 11.1 Å². The summed E-state index contributed by atoms with van der Waals surface area (Å²) in [4.78, 5) is 4.24. The smallest absolute Gasteiger partial charge is 0.148 e. The quantitative estimate of drug-likeness (QED) is 0.818. The molecule has 5 heteroatoms. The summed E-state index contributed by atoms with van der Waals surface area (Å²) in [5.74, 6) is -0.333. The maximum absolute atomic E-state index is 13.6. The van der Waals surface area contributed by atoms with Crippen LogP contribution in [-0.4, -0.2) is 4.98 Å². The molecule has 0 aliphatic carbocycles. The molecule has 90 valence electrons. The lowest BCUT2D eigenvalue weighted by Crippen LogP contribution is -2.10. The molecule has 1 atom stereocenters. The van der Waals surface area contributed by atoms with E-state index in [0.717, 1.165) is 11.4 Å². The third-order valence-corrected chi connectivity index (χ3v) is 3.37. The van der Waals surface area contributed by atoms with E-state index in [0.29, 0.717) is 11.4 Å². The Bertz CT molecular complexity index is 485. The van der Waals surface area contributed by atoms with Gasteiger partial charge in [0.2, 0.25) is 0 Å². The zero-order valence-electron chi connectivity index (χ0n) is 9.48. The third-order valence-electron chi connectivity index (χ3n) is 2.48. The SMILES string of the molecule is CCC(Nc1ccc(N)cc1F)c1nccs1. The number of hydrogen-bond acceptors (Lipinski definition) is 4. The minimum absolute atomic E-state index is 0.0353. The summed E-state index contributed by atoms with van der Waals surface area (Å²) >= 11 is 1.56. The van der Waals surface area contributed by atoms with Crippen LogP contribution in [0.15, 0.2) is 29.8 Å². The molecule has 3 N–H and O–H groups in total. The number of anilines is 2. The second-order valence-corrected chi connectivity index (χ2v) is 4.64. The molecule has 0 bridgehead atoms. The first-order valence-electron chi connectivity index (χ1n) is 5.41. The number of thiazole rings is 1. The average molecular weight is 251 g/mol. The van der Waals surface area contributed by atoms with Gasteiger partial charge in [0.1, 0.15) is 10.8 Å². The fraction of sp³-hybridized carbons (Fsp3) is 0.250. The molecule has 0 radical (unpaired) electrons. The fourth-order valence-electron chi connectivity index (χ4n) is 1.58. The lowest BCUT2D eigenvalue weighted by Gasteiger charge is -2.16. The maximum Gasteiger partial charge on any atom is 0.148 e. The van der Waals surface area contributed by atoms with Crippen molar-refractivity contribution >= 4 is 22.7 Å². The standard InChI is InChI=1S/C12H14FN3S/c1-2-10(12-15-5-6-17-12)16-11-4-3-8(14)7-9(11)13/h3-7,10,16H,2,14H2,1H3. The number of nitrogens with zero attached hydrogens (tertiary/aromatic N) is 1. The predicted molar refractivity (Wildman–Crippen MR) is 69.6 cm³/mol. The summed E-state index contributed by atoms with van der Waals surface area (Å²) < 4.78 is 13.6. The van der Waals surface area contributed by atoms with Crippen molar-refractivity contribution in [3.05, 3.63) is 40.6 Å². The Balaban J connectivity index is 2.19. The zero-order valence-corrected chi connectivity index (χ0v) is 10.3. The lowest BCUT2D eigenvalue weighted by atomic mass is 10.2. The van der Waals surface area contributed by atoms with Gasteiger partial charge in [-0.05, 0) is 24.6 Å². The zero-order chi connectivity index (χ0) is 12.3. The highest BCUT2D eigenvalue weighted by molar-refractivity contribution is 7.09. The monoisotopic (exact) mass is 251 g/mol. The number of benzene rings is 1. The molecule has 0 fully saturated rings. The van der Waals surface area contributed by atoms with Gasteiger partial charge >= 0.3 is 0 Å². The van der Waals surface area contributed by atoms with Crippen LogP contribution in [-0.2, 0) is 0 Å². The van der Waals surface area contributed by atoms with Crippen LogP contribution in [0.1, 0.15) is 24.4 Å². The largest absolute Gasteiger partial charge is 0.399 e. The molecule has 2 rings (SSSR count). The van der Waals surface area contributed by atoms with Crippen molar-refractivity contribution < 1.29 is 4.39 Å². The van der Waals surface area contributed by atoms with E-state index in [1.54, 1.807) is 29.7 Å². The van der Waals surface area contributed by atoms with Crippen molar-refractivity contribution in [1.82, 2.24) is 4.98 Å². The summed E-state index contributed by atoms with van der Waals surface area (Å²) in [5, 5.41) is 6.02. The minimum atomic E-state index is -0.333. The van der Waals surface area contributed by atoms with Crippen molar-refractivity contribution in [2.75, 3.05) is 11.1 Å². The molecule has 0 saturated carbocycles. The van der Waals surface area contributed by atoms with E-state index in [-0.39, 0.29) is 11.9 Å². The molecule has 0 spiro atoms. The van der Waals surface area contributed by atoms with Gasteiger partial charge in [-0.25, -0.2) is 9.37 Å². The normalized spacial score (nSPS) is 12.4. The Morgan fingerprint density at radius 1 is 1.53 bits per heavy atom. The molecule has 17 heavy (non-hydrogen) atoms. The second kappa shape index (κ2) is 5.14. The van der Waals surface area contributed by atoms with Crippen molar-refractivity contribution in [2.45, 2.75) is 19.4 Å². The highest BCUT2D eigenvalue weighted by Gasteiger charge is 2.13. The van der Waals surface area contributed by atoms with Gasteiger partial charge in [0.05, 0.1) is 11.7 Å². The van der Waals surface area contributed by atoms with E-state index in [2.05, 4.69) is 10.3 Å². The van der Waals surface area contributed by atoms with Gasteiger partial charge in [-0.1, -0.05) is 6.92 Å². The van der Waals surface area contributed by atoms with Gasteiger partial charge < -0.3 is 11.1 Å². The van der Waals surface area contributed by atoms with E-state index in [4.69, 9.17) is 5.73 Å². The summed E-state index contributed by atoms with van der Waals surface area (Å²) in [5.41, 5.74) is 6.39. The van der Waals surface area contributed by atoms with E-state index >= 15 is 0 Å². The number of halogens is 1. The lowest BCUT2D eigenvalue weighted by molar-refractivity contribution is 0.624. The van der Waals surface area contributed by atoms with E-state index in [1.807, 2.05) is 12.3 Å². The first-order valence-corrected chi connectivity index (χ1v) is 6.29. The molecular weight excluding hydrogens is 237 g/mol. The van der Waals surface area contributed by atoms with Crippen LogP contribution in [0.2, 0.25) is 0 Å². The van der Waals surface area contributed by atoms with E-state index in [9.17, 15) is 4.39 Å². The first-order chi connectivity index (χ1) is 8.20. The number of nitrogens with one attached hydrogen (secondary N) is 1. The Kier molecular flexibility index (Phi) is 3.58. The van der Waals surface area contributed by atoms with Crippen LogP contribution in [0.5, 0.6) is 0 Å². The summed E-state index contributed by atoms with van der Waals surface area (Å²) in [7, 11) is 0. The Morgan fingerprint density at radius 2 is 2.35 bits per heavy atom. The Labute approximate surface area is 103 Å². The molecule has 1 heterocycles. The molecule has 2 aromatic rings. The van der Waals surface area contributed by atoms with E-state index in [1.165, 1.54) is 6.07 Å². The number of aromatic nitrogens is 1. The Hall–Kier alpha value is -1.62. The molecule has 0 aliphatic rings. The van der Waals surface area contributed by atoms with Gasteiger partial charge in [0.15, 0.2) is 0 Å². The van der Waals surface area contributed by atoms with Crippen molar-refractivity contribution in [2.24, 2.45) is 0 Å². The predicted octanol–water partition coefficient (Wildman–Crippen LogP) is 3.43. The summed E-state index contributed by atoms with van der Waals surface area (Å²) in [6, 6.07) is 4.69. The van der Waals surface area contributed by atoms with Gasteiger partial charge in [-0.3, -0.25) is 0 Å². The summed E-state index contributed by atoms with van der Waals surface area (Å²) in [6.45, 7) is 2.04. The number of nitrogen functional groups attached to an aromatic ring is 1. The summed E-state index contributed by atoms with van der Waals surface area (Å²) in [6.07, 6.45) is 2.60. The van der Waals surface area contributed by atoms with E-state index < -0.39 is 0 Å². The molecule has 0 amide bonds. The van der Waals surface area contributed by atoms with Gasteiger partial charge in [-0.2, -0.15) is 0 Å². The van der Waals surface area contributed by atoms with Crippen molar-refractivity contribution in [3.8, 4) is 0 Å².